The summed E-state index contributed by atoms with van der Waals surface area (Å²) in [7, 11) is 0. The minimum atomic E-state index is -0.767. The monoisotopic (exact) mass is 318 g/mol. The number of hydrogen-bond acceptors (Lipinski definition) is 3. The summed E-state index contributed by atoms with van der Waals surface area (Å²) in [6, 6.07) is 9.30. The van der Waals surface area contributed by atoms with Crippen LogP contribution in [0.4, 0.5) is 0 Å². The normalized spacial score (nSPS) is 20.0. The number of aliphatic carboxylic acids is 1. The number of carbonyl (C=O) groups is 2. The summed E-state index contributed by atoms with van der Waals surface area (Å²) in [6.45, 7) is 6.46. The second-order valence-corrected chi connectivity index (χ2v) is 6.00. The van der Waals surface area contributed by atoms with Crippen LogP contribution in [0, 0.1) is 5.92 Å². The van der Waals surface area contributed by atoms with Crippen molar-refractivity contribution in [1.82, 2.24) is 9.80 Å². The molecule has 5 nitrogen and oxygen atoms in total. The Bertz CT molecular complexity index is 528. The van der Waals surface area contributed by atoms with E-state index in [1.165, 1.54) is 0 Å². The lowest BCUT2D eigenvalue weighted by atomic mass is 9.94. The van der Waals surface area contributed by atoms with Crippen LogP contribution in [-0.4, -0.2) is 53.0 Å². The van der Waals surface area contributed by atoms with Gasteiger partial charge in [-0.05, 0) is 38.8 Å². The molecule has 0 radical (unpaired) electrons. The number of hydrogen-bond donors (Lipinski definition) is 1. The highest BCUT2D eigenvalue weighted by Gasteiger charge is 2.35. The van der Waals surface area contributed by atoms with E-state index in [2.05, 4.69) is 0 Å². The lowest BCUT2D eigenvalue weighted by Crippen LogP contribution is -2.47. The molecule has 0 aliphatic carbocycles. The molecule has 1 amide bonds. The highest BCUT2D eigenvalue weighted by molar-refractivity contribution is 5.83. The standard InChI is InChI=1S/C18H26N2O3/c1-3-19(4-2)17(21)16(14-9-6-5-7-10-14)20-12-8-11-15(13-20)18(22)23/h5-7,9-10,15-16H,3-4,8,11-13H2,1-2H3,(H,22,23). The fourth-order valence-electron chi connectivity index (χ4n) is 3.30. The van der Waals surface area contributed by atoms with Gasteiger partial charge in [0.15, 0.2) is 0 Å². The minimum absolute atomic E-state index is 0.0623. The number of nitrogens with zero attached hydrogens (tertiary/aromatic N) is 2. The fraction of sp³-hybridized carbons (Fsp3) is 0.556. The zero-order valence-corrected chi connectivity index (χ0v) is 13.9. The van der Waals surface area contributed by atoms with Gasteiger partial charge in [0.05, 0.1) is 5.92 Å². The van der Waals surface area contributed by atoms with Gasteiger partial charge in [-0.1, -0.05) is 30.3 Å². The third-order valence-electron chi connectivity index (χ3n) is 4.59. The van der Waals surface area contributed by atoms with E-state index in [-0.39, 0.29) is 11.8 Å². The topological polar surface area (TPSA) is 60.9 Å². The summed E-state index contributed by atoms with van der Waals surface area (Å²) in [5.41, 5.74) is 0.940. The van der Waals surface area contributed by atoms with Crippen LogP contribution in [0.5, 0.6) is 0 Å². The predicted molar refractivity (Wildman–Crippen MR) is 89.0 cm³/mol. The molecule has 1 fully saturated rings. The molecule has 1 aromatic rings. The molecule has 1 N–H and O–H groups in total. The molecule has 2 atom stereocenters. The highest BCUT2D eigenvalue weighted by atomic mass is 16.4. The molecule has 126 valence electrons. The quantitative estimate of drug-likeness (QED) is 0.875. The second-order valence-electron chi connectivity index (χ2n) is 6.00. The van der Waals surface area contributed by atoms with Crippen molar-refractivity contribution in [2.24, 2.45) is 5.92 Å². The second kappa shape index (κ2) is 8.11. The van der Waals surface area contributed by atoms with E-state index in [0.717, 1.165) is 18.5 Å². The van der Waals surface area contributed by atoms with Crippen LogP contribution in [0.25, 0.3) is 0 Å². The van der Waals surface area contributed by atoms with Gasteiger partial charge in [-0.3, -0.25) is 14.5 Å². The molecule has 5 heteroatoms. The average molecular weight is 318 g/mol. The molecule has 1 heterocycles. The first kappa shape index (κ1) is 17.5. The molecule has 1 aliphatic heterocycles. The van der Waals surface area contributed by atoms with E-state index < -0.39 is 12.0 Å². The lowest BCUT2D eigenvalue weighted by Gasteiger charge is -2.38. The third kappa shape index (κ3) is 4.10. The first-order valence-electron chi connectivity index (χ1n) is 8.39. The number of carbonyl (C=O) groups excluding carboxylic acids is 1. The average Bonchev–Trinajstić information content (AvgIpc) is 2.57. The van der Waals surface area contributed by atoms with Crippen molar-refractivity contribution in [2.75, 3.05) is 26.2 Å². The minimum Gasteiger partial charge on any atom is -0.481 e. The maximum Gasteiger partial charge on any atom is 0.307 e. The van der Waals surface area contributed by atoms with Crippen LogP contribution in [0.2, 0.25) is 0 Å². The SMILES string of the molecule is CCN(CC)C(=O)C(c1ccccc1)N1CCCC(C(=O)O)C1. The van der Waals surface area contributed by atoms with Crippen molar-refractivity contribution in [3.63, 3.8) is 0 Å². The molecule has 1 aliphatic rings. The Kier molecular flexibility index (Phi) is 6.16. The van der Waals surface area contributed by atoms with Gasteiger partial charge in [0.25, 0.3) is 0 Å². The number of benzene rings is 1. The van der Waals surface area contributed by atoms with Crippen molar-refractivity contribution in [2.45, 2.75) is 32.7 Å². The van der Waals surface area contributed by atoms with Crippen LogP contribution in [0.1, 0.15) is 38.3 Å². The summed E-state index contributed by atoms with van der Waals surface area (Å²) >= 11 is 0. The van der Waals surface area contributed by atoms with Crippen molar-refractivity contribution in [3.05, 3.63) is 35.9 Å². The zero-order valence-electron chi connectivity index (χ0n) is 13.9. The fourth-order valence-corrected chi connectivity index (χ4v) is 3.30. The summed E-state index contributed by atoms with van der Waals surface area (Å²) in [5.74, 6) is -1.09. The zero-order chi connectivity index (χ0) is 16.8. The Labute approximate surface area is 137 Å². The number of likely N-dealkylation sites (tertiary alicyclic amines) is 1. The van der Waals surface area contributed by atoms with Gasteiger partial charge < -0.3 is 10.0 Å². The maximum absolute atomic E-state index is 13.0. The van der Waals surface area contributed by atoms with Gasteiger partial charge in [0, 0.05) is 19.6 Å². The Balaban J connectivity index is 2.30. The van der Waals surface area contributed by atoms with E-state index in [1.54, 1.807) is 0 Å². The number of likely N-dealkylation sites (N-methyl/N-ethyl adjacent to an activating group) is 1. The summed E-state index contributed by atoms with van der Waals surface area (Å²) in [4.78, 5) is 28.2. The van der Waals surface area contributed by atoms with Crippen LogP contribution in [0.3, 0.4) is 0 Å². The van der Waals surface area contributed by atoms with Gasteiger partial charge in [0.1, 0.15) is 6.04 Å². The number of carboxylic acids is 1. The Morgan fingerprint density at radius 2 is 1.91 bits per heavy atom. The summed E-state index contributed by atoms with van der Waals surface area (Å²) < 4.78 is 0. The van der Waals surface area contributed by atoms with Crippen molar-refractivity contribution in [1.29, 1.82) is 0 Å². The van der Waals surface area contributed by atoms with Gasteiger partial charge in [-0.25, -0.2) is 0 Å². The molecule has 0 spiro atoms. The first-order chi connectivity index (χ1) is 11.1. The maximum atomic E-state index is 13.0. The Morgan fingerprint density at radius 1 is 1.26 bits per heavy atom. The molecule has 23 heavy (non-hydrogen) atoms. The molecule has 1 saturated heterocycles. The van der Waals surface area contributed by atoms with Crippen molar-refractivity contribution < 1.29 is 14.7 Å². The Hall–Kier alpha value is -1.88. The highest BCUT2D eigenvalue weighted by Crippen LogP contribution is 2.28. The number of piperidine rings is 1. The van der Waals surface area contributed by atoms with Gasteiger partial charge in [-0.15, -0.1) is 0 Å². The van der Waals surface area contributed by atoms with Crippen molar-refractivity contribution in [3.8, 4) is 0 Å². The number of amides is 1. The van der Waals surface area contributed by atoms with Gasteiger partial charge >= 0.3 is 5.97 Å². The van der Waals surface area contributed by atoms with Gasteiger partial charge in [0.2, 0.25) is 5.91 Å². The number of carboxylic acid groups (broad SMARTS) is 1. The molecular formula is C18H26N2O3. The van der Waals surface area contributed by atoms with Crippen LogP contribution >= 0.6 is 0 Å². The summed E-state index contributed by atoms with van der Waals surface area (Å²) in [6.07, 6.45) is 1.50. The largest absolute Gasteiger partial charge is 0.481 e. The van der Waals surface area contributed by atoms with E-state index in [1.807, 2.05) is 54.0 Å². The number of rotatable bonds is 6. The molecule has 0 saturated carbocycles. The van der Waals surface area contributed by atoms with Crippen LogP contribution < -0.4 is 0 Å². The van der Waals surface area contributed by atoms with E-state index in [9.17, 15) is 14.7 Å². The summed E-state index contributed by atoms with van der Waals surface area (Å²) in [5, 5.41) is 9.33. The predicted octanol–water partition coefficient (Wildman–Crippen LogP) is 2.39. The molecule has 0 aromatic heterocycles. The third-order valence-corrected chi connectivity index (χ3v) is 4.59. The molecular weight excluding hydrogens is 292 g/mol. The Morgan fingerprint density at radius 3 is 2.48 bits per heavy atom. The smallest absolute Gasteiger partial charge is 0.307 e. The van der Waals surface area contributed by atoms with Crippen molar-refractivity contribution >= 4 is 11.9 Å². The lowest BCUT2D eigenvalue weighted by molar-refractivity contribution is -0.147. The molecule has 0 bridgehead atoms. The van der Waals surface area contributed by atoms with Crippen LogP contribution in [-0.2, 0) is 9.59 Å². The molecule has 2 rings (SSSR count). The van der Waals surface area contributed by atoms with E-state index in [4.69, 9.17) is 0 Å². The van der Waals surface area contributed by atoms with Crippen LogP contribution in [0.15, 0.2) is 30.3 Å². The first-order valence-corrected chi connectivity index (χ1v) is 8.39. The molecule has 2 unspecified atom stereocenters. The molecule has 1 aromatic carbocycles. The van der Waals surface area contributed by atoms with Gasteiger partial charge in [-0.2, -0.15) is 0 Å². The van der Waals surface area contributed by atoms with E-state index >= 15 is 0 Å². The van der Waals surface area contributed by atoms with E-state index in [0.29, 0.717) is 26.1 Å².